The van der Waals surface area contributed by atoms with Crippen molar-refractivity contribution in [3.05, 3.63) is 101 Å². The van der Waals surface area contributed by atoms with Crippen LogP contribution in [0.2, 0.25) is 5.02 Å². The molecular weight excluding hydrogens is 557 g/mol. The number of nitrogens with zero attached hydrogens (tertiary/aromatic N) is 2. The van der Waals surface area contributed by atoms with Crippen molar-refractivity contribution in [2.45, 2.75) is 45.1 Å². The summed E-state index contributed by atoms with van der Waals surface area (Å²) in [4.78, 5) is 20.1. The van der Waals surface area contributed by atoms with Crippen molar-refractivity contribution in [2.75, 3.05) is 11.9 Å². The van der Waals surface area contributed by atoms with E-state index in [0.29, 0.717) is 23.0 Å². The number of furan rings is 1. The number of rotatable bonds is 14. The van der Waals surface area contributed by atoms with Crippen LogP contribution in [0.4, 0.5) is 15.9 Å². The molecule has 9 heteroatoms. The molecule has 0 amide bonds. The number of hydrogen-bond acceptors (Lipinski definition) is 7. The Labute approximate surface area is 248 Å². The third-order valence-electron chi connectivity index (χ3n) is 6.89. The second-order valence-corrected chi connectivity index (χ2v) is 10.4. The average molecular weight is 588 g/mol. The number of halogens is 2. The van der Waals surface area contributed by atoms with Crippen LogP contribution in [0.25, 0.3) is 22.2 Å². The lowest BCUT2D eigenvalue weighted by atomic mass is 10.1. The third kappa shape index (κ3) is 7.72. The SMILES string of the molecule is O=C(CO)CCCCCCc1ccc(-c2ccc3ncnc(Nc4ccc(OCc5ccc(F)cc5)c(Cl)c4)c3c2)o1. The second kappa shape index (κ2) is 14.1. The number of aliphatic hydroxyl groups is 1. The molecule has 0 unspecified atom stereocenters. The van der Waals surface area contributed by atoms with Gasteiger partial charge in [0.25, 0.3) is 0 Å². The third-order valence-corrected chi connectivity index (χ3v) is 7.18. The molecule has 0 bridgehead atoms. The number of hydrogen-bond donors (Lipinski definition) is 2. The molecule has 0 saturated carbocycles. The summed E-state index contributed by atoms with van der Waals surface area (Å²) < 4.78 is 25.1. The first-order valence-electron chi connectivity index (χ1n) is 13.9. The summed E-state index contributed by atoms with van der Waals surface area (Å²) in [6.45, 7) is -0.0975. The maximum atomic E-state index is 13.1. The van der Waals surface area contributed by atoms with Crippen LogP contribution in [0.5, 0.6) is 5.75 Å². The zero-order chi connectivity index (χ0) is 29.3. The van der Waals surface area contributed by atoms with Gasteiger partial charge in [-0.15, -0.1) is 0 Å². The van der Waals surface area contributed by atoms with Crippen molar-refractivity contribution in [3.8, 4) is 17.1 Å². The number of unbranched alkanes of at least 4 members (excludes halogenated alkanes) is 3. The zero-order valence-electron chi connectivity index (χ0n) is 23.0. The number of ether oxygens (including phenoxy) is 1. The fourth-order valence-corrected chi connectivity index (χ4v) is 4.84. The fourth-order valence-electron chi connectivity index (χ4n) is 4.61. The van der Waals surface area contributed by atoms with Crippen LogP contribution in [0.15, 0.2) is 83.5 Å². The molecule has 7 nitrogen and oxygen atoms in total. The number of aliphatic hydroxyl groups excluding tert-OH is 1. The van der Waals surface area contributed by atoms with E-state index in [2.05, 4.69) is 15.3 Å². The van der Waals surface area contributed by atoms with Gasteiger partial charge < -0.3 is 19.6 Å². The number of nitrogens with one attached hydrogen (secondary N) is 1. The molecule has 5 rings (SSSR count). The Kier molecular flexibility index (Phi) is 9.79. The molecule has 0 saturated heterocycles. The van der Waals surface area contributed by atoms with Crippen LogP contribution in [-0.4, -0.2) is 27.5 Å². The van der Waals surface area contributed by atoms with Crippen molar-refractivity contribution in [3.63, 3.8) is 0 Å². The quantitative estimate of drug-likeness (QED) is 0.127. The number of benzene rings is 3. The van der Waals surface area contributed by atoms with Gasteiger partial charge in [0.05, 0.1) is 10.5 Å². The molecule has 5 aromatic rings. The number of carbonyl (C=O) groups is 1. The lowest BCUT2D eigenvalue weighted by molar-refractivity contribution is -0.121. The van der Waals surface area contributed by atoms with Gasteiger partial charge in [-0.2, -0.15) is 0 Å². The van der Waals surface area contributed by atoms with Gasteiger partial charge in [-0.3, -0.25) is 4.79 Å². The molecule has 0 spiro atoms. The Hall–Kier alpha value is -4.27. The molecule has 3 aromatic carbocycles. The minimum absolute atomic E-state index is 0.101. The summed E-state index contributed by atoms with van der Waals surface area (Å²) >= 11 is 6.50. The topological polar surface area (TPSA) is 97.5 Å². The van der Waals surface area contributed by atoms with E-state index in [4.69, 9.17) is 25.9 Å². The Morgan fingerprint density at radius 3 is 2.60 bits per heavy atom. The van der Waals surface area contributed by atoms with E-state index in [-0.39, 0.29) is 24.8 Å². The molecule has 2 N–H and O–H groups in total. The number of ketones is 1. The van der Waals surface area contributed by atoms with Crippen LogP contribution in [-0.2, 0) is 17.8 Å². The van der Waals surface area contributed by atoms with E-state index in [9.17, 15) is 9.18 Å². The van der Waals surface area contributed by atoms with E-state index in [1.54, 1.807) is 24.3 Å². The normalized spacial score (nSPS) is 11.1. The van der Waals surface area contributed by atoms with Gasteiger partial charge in [0, 0.05) is 29.5 Å². The first kappa shape index (κ1) is 29.2. The number of carbonyl (C=O) groups excluding carboxylic acids is 1. The number of aryl methyl sites for hydroxylation is 1. The molecule has 0 aliphatic rings. The lowest BCUT2D eigenvalue weighted by Crippen LogP contribution is -2.02. The Balaban J connectivity index is 1.23. The minimum Gasteiger partial charge on any atom is -0.487 e. The van der Waals surface area contributed by atoms with E-state index >= 15 is 0 Å². The van der Waals surface area contributed by atoms with Crippen molar-refractivity contribution < 1.29 is 23.4 Å². The Morgan fingerprint density at radius 2 is 1.79 bits per heavy atom. The first-order valence-corrected chi connectivity index (χ1v) is 14.3. The van der Waals surface area contributed by atoms with Gasteiger partial charge in [-0.05, 0) is 79.1 Å². The predicted molar refractivity (Wildman–Crippen MR) is 162 cm³/mol. The average Bonchev–Trinajstić information content (AvgIpc) is 3.48. The maximum Gasteiger partial charge on any atom is 0.158 e. The summed E-state index contributed by atoms with van der Waals surface area (Å²) in [6, 6.07) is 21.4. The van der Waals surface area contributed by atoms with E-state index in [1.807, 2.05) is 36.4 Å². The van der Waals surface area contributed by atoms with Crippen LogP contribution in [0, 0.1) is 5.82 Å². The maximum absolute atomic E-state index is 13.1. The summed E-state index contributed by atoms with van der Waals surface area (Å²) in [7, 11) is 0. The fraction of sp³-hybridized carbons (Fsp3) is 0.242. The summed E-state index contributed by atoms with van der Waals surface area (Å²) in [5.41, 5.74) is 3.27. The van der Waals surface area contributed by atoms with Crippen molar-refractivity contribution in [1.82, 2.24) is 9.97 Å². The molecule has 42 heavy (non-hydrogen) atoms. The van der Waals surface area contributed by atoms with E-state index in [1.165, 1.54) is 18.5 Å². The molecular formula is C33H31ClFN3O4. The molecule has 0 radical (unpaired) electrons. The summed E-state index contributed by atoms with van der Waals surface area (Å²) in [5, 5.41) is 13.4. The molecule has 216 valence electrons. The van der Waals surface area contributed by atoms with E-state index in [0.717, 1.165) is 71.3 Å². The van der Waals surface area contributed by atoms with E-state index < -0.39 is 0 Å². The van der Waals surface area contributed by atoms with Crippen molar-refractivity contribution in [1.29, 1.82) is 0 Å². The molecule has 0 atom stereocenters. The standard InChI is InChI=1S/C33H31ClFN3O4/c34-29-18-25(12-15-32(29)41-20-22-7-10-24(35)11-8-22)38-33-28-17-23(9-14-30(28)36-21-37-33)31-16-13-27(42-31)6-4-2-1-3-5-26(40)19-39/h7-18,21,39H,1-6,19-20H2,(H,36,37,38). The Morgan fingerprint density at radius 1 is 0.952 bits per heavy atom. The lowest BCUT2D eigenvalue weighted by Gasteiger charge is -2.12. The van der Waals surface area contributed by atoms with Crippen LogP contribution < -0.4 is 10.1 Å². The monoisotopic (exact) mass is 587 g/mol. The molecule has 2 aromatic heterocycles. The van der Waals surface area contributed by atoms with Gasteiger partial charge in [0.2, 0.25) is 0 Å². The smallest absolute Gasteiger partial charge is 0.158 e. The highest BCUT2D eigenvalue weighted by Gasteiger charge is 2.11. The first-order chi connectivity index (χ1) is 20.5. The molecule has 2 heterocycles. The summed E-state index contributed by atoms with van der Waals surface area (Å²) in [5.74, 6) is 2.43. The van der Waals surface area contributed by atoms with Gasteiger partial charge in [0.15, 0.2) is 5.78 Å². The Bertz CT molecular complexity index is 1660. The highest BCUT2D eigenvalue weighted by molar-refractivity contribution is 6.32. The number of Topliss-reactive ketones (excluding diaryl/α,β-unsaturated/α-hetero) is 1. The number of anilines is 2. The van der Waals surface area contributed by atoms with Gasteiger partial charge >= 0.3 is 0 Å². The van der Waals surface area contributed by atoms with Crippen molar-refractivity contribution in [2.24, 2.45) is 0 Å². The number of aromatic nitrogens is 2. The molecule has 0 aliphatic carbocycles. The predicted octanol–water partition coefficient (Wildman–Crippen LogP) is 8.06. The zero-order valence-corrected chi connectivity index (χ0v) is 23.7. The molecule has 0 fully saturated rings. The second-order valence-electron chi connectivity index (χ2n) is 10.0. The highest BCUT2D eigenvalue weighted by Crippen LogP contribution is 2.33. The minimum atomic E-state index is -0.369. The van der Waals surface area contributed by atoms with Crippen molar-refractivity contribution >= 4 is 39.8 Å². The largest absolute Gasteiger partial charge is 0.487 e. The van der Waals surface area contributed by atoms with Gasteiger partial charge in [-0.1, -0.05) is 36.6 Å². The highest BCUT2D eigenvalue weighted by atomic mass is 35.5. The van der Waals surface area contributed by atoms with Gasteiger partial charge in [-0.25, -0.2) is 14.4 Å². The van der Waals surface area contributed by atoms with Gasteiger partial charge in [0.1, 0.15) is 48.4 Å². The number of fused-ring (bicyclic) bond motifs is 1. The molecule has 0 aliphatic heterocycles. The van der Waals surface area contributed by atoms with Crippen LogP contribution >= 0.6 is 11.6 Å². The van der Waals surface area contributed by atoms with Crippen LogP contribution in [0.3, 0.4) is 0 Å². The summed E-state index contributed by atoms with van der Waals surface area (Å²) in [6.07, 6.45) is 6.51. The van der Waals surface area contributed by atoms with Crippen LogP contribution in [0.1, 0.15) is 43.4 Å².